The predicted molar refractivity (Wildman–Crippen MR) is 56.3 cm³/mol. The third kappa shape index (κ3) is 2.72. The van der Waals surface area contributed by atoms with Crippen molar-refractivity contribution in [3.05, 3.63) is 11.1 Å². The maximum atomic E-state index is 10.7. The molecule has 1 N–H and O–H groups in total. The van der Waals surface area contributed by atoms with Gasteiger partial charge in [-0.2, -0.15) is 0 Å². The molecule has 14 heavy (non-hydrogen) atoms. The third-order valence-corrected chi connectivity index (χ3v) is 3.11. The Morgan fingerprint density at radius 2 is 2.29 bits per heavy atom. The van der Waals surface area contributed by atoms with E-state index in [1.807, 2.05) is 6.92 Å². The Labute approximate surface area is 89.3 Å². The van der Waals surface area contributed by atoms with Crippen molar-refractivity contribution in [2.75, 3.05) is 19.6 Å². The molecule has 3 nitrogen and oxygen atoms in total. The topological polar surface area (TPSA) is 40.5 Å². The maximum Gasteiger partial charge on any atom is 0.306 e. The first-order valence-electron chi connectivity index (χ1n) is 4.75. The molecule has 1 fully saturated rings. The Bertz CT molecular complexity index is 247. The van der Waals surface area contributed by atoms with Crippen LogP contribution in [0.1, 0.15) is 13.8 Å². The number of halogens is 1. The summed E-state index contributed by atoms with van der Waals surface area (Å²) in [6.07, 6.45) is 0. The van der Waals surface area contributed by atoms with E-state index in [2.05, 4.69) is 4.90 Å². The largest absolute Gasteiger partial charge is 0.481 e. The lowest BCUT2D eigenvalue weighted by Gasteiger charge is -2.41. The summed E-state index contributed by atoms with van der Waals surface area (Å²) in [5.74, 6) is -0.624. The molecule has 0 amide bonds. The average Bonchev–Trinajstić information content (AvgIpc) is 2.08. The standard InChI is InChI=1S/C10H16ClNO2/c1-7(3-11)4-12-5-9(6-12)8(2)10(13)14/h3,8-9H,4-6H2,1-2H3,(H,13,14). The summed E-state index contributed by atoms with van der Waals surface area (Å²) in [6, 6.07) is 0. The molecule has 0 aromatic carbocycles. The van der Waals surface area contributed by atoms with Crippen molar-refractivity contribution in [2.24, 2.45) is 11.8 Å². The molecule has 0 spiro atoms. The Morgan fingerprint density at radius 1 is 1.71 bits per heavy atom. The van der Waals surface area contributed by atoms with Crippen molar-refractivity contribution in [2.45, 2.75) is 13.8 Å². The second-order valence-electron chi connectivity index (χ2n) is 4.04. The first-order chi connectivity index (χ1) is 6.54. The number of rotatable bonds is 4. The number of carboxylic acids is 1. The number of likely N-dealkylation sites (tertiary alicyclic amines) is 1. The van der Waals surface area contributed by atoms with Gasteiger partial charge in [-0.3, -0.25) is 9.69 Å². The van der Waals surface area contributed by atoms with E-state index >= 15 is 0 Å². The monoisotopic (exact) mass is 217 g/mol. The van der Waals surface area contributed by atoms with Crippen LogP contribution in [0.3, 0.4) is 0 Å². The number of hydrogen-bond acceptors (Lipinski definition) is 2. The Balaban J connectivity index is 2.27. The molecule has 0 aromatic rings. The highest BCUT2D eigenvalue weighted by Gasteiger charge is 2.34. The number of nitrogens with zero attached hydrogens (tertiary/aromatic N) is 1. The molecule has 80 valence electrons. The normalized spacial score (nSPS) is 21.8. The highest BCUT2D eigenvalue weighted by molar-refractivity contribution is 6.25. The summed E-state index contributed by atoms with van der Waals surface area (Å²) in [5, 5.41) is 8.78. The van der Waals surface area contributed by atoms with Crippen molar-refractivity contribution in [1.82, 2.24) is 4.90 Å². The number of carboxylic acid groups (broad SMARTS) is 1. The van der Waals surface area contributed by atoms with E-state index in [1.165, 1.54) is 0 Å². The molecule has 4 heteroatoms. The van der Waals surface area contributed by atoms with Crippen LogP contribution in [-0.2, 0) is 4.79 Å². The molecule has 0 saturated carbocycles. The zero-order valence-corrected chi connectivity index (χ0v) is 9.29. The average molecular weight is 218 g/mol. The molecule has 1 rings (SSSR count). The molecule has 0 aromatic heterocycles. The molecular formula is C10H16ClNO2. The van der Waals surface area contributed by atoms with Gasteiger partial charge in [0.15, 0.2) is 0 Å². The highest BCUT2D eigenvalue weighted by Crippen LogP contribution is 2.24. The van der Waals surface area contributed by atoms with Crippen LogP contribution < -0.4 is 0 Å². The summed E-state index contributed by atoms with van der Waals surface area (Å²) < 4.78 is 0. The number of hydrogen-bond donors (Lipinski definition) is 1. The Kier molecular flexibility index (Phi) is 3.96. The van der Waals surface area contributed by atoms with Gasteiger partial charge in [0.1, 0.15) is 0 Å². The van der Waals surface area contributed by atoms with Gasteiger partial charge in [-0.05, 0) is 18.4 Å². The molecule has 1 aliphatic heterocycles. The van der Waals surface area contributed by atoms with Crippen LogP contribution in [0.4, 0.5) is 0 Å². The van der Waals surface area contributed by atoms with Gasteiger partial charge in [0.25, 0.3) is 0 Å². The fourth-order valence-electron chi connectivity index (χ4n) is 1.64. The molecule has 0 radical (unpaired) electrons. The Morgan fingerprint density at radius 3 is 2.71 bits per heavy atom. The highest BCUT2D eigenvalue weighted by atomic mass is 35.5. The van der Waals surface area contributed by atoms with Crippen LogP contribution in [0.15, 0.2) is 11.1 Å². The maximum absolute atomic E-state index is 10.7. The second kappa shape index (κ2) is 4.80. The Hall–Kier alpha value is -0.540. The van der Waals surface area contributed by atoms with E-state index in [9.17, 15) is 4.79 Å². The van der Waals surface area contributed by atoms with Crippen LogP contribution in [-0.4, -0.2) is 35.6 Å². The van der Waals surface area contributed by atoms with E-state index in [1.54, 1.807) is 12.5 Å². The van der Waals surface area contributed by atoms with Gasteiger partial charge in [-0.15, -0.1) is 0 Å². The van der Waals surface area contributed by atoms with Crippen LogP contribution in [0.2, 0.25) is 0 Å². The van der Waals surface area contributed by atoms with Gasteiger partial charge in [-0.1, -0.05) is 18.5 Å². The molecule has 0 aliphatic carbocycles. The zero-order chi connectivity index (χ0) is 10.7. The van der Waals surface area contributed by atoms with Gasteiger partial charge in [0.05, 0.1) is 5.92 Å². The van der Waals surface area contributed by atoms with E-state index in [-0.39, 0.29) is 5.92 Å². The lowest BCUT2D eigenvalue weighted by atomic mass is 9.87. The minimum atomic E-state index is -0.695. The van der Waals surface area contributed by atoms with Crippen LogP contribution in [0.25, 0.3) is 0 Å². The van der Waals surface area contributed by atoms with Gasteiger partial charge in [0.2, 0.25) is 0 Å². The summed E-state index contributed by atoms with van der Waals surface area (Å²) in [4.78, 5) is 12.9. The molecular weight excluding hydrogens is 202 g/mol. The zero-order valence-electron chi connectivity index (χ0n) is 8.53. The van der Waals surface area contributed by atoms with Crippen molar-refractivity contribution in [3.8, 4) is 0 Å². The van der Waals surface area contributed by atoms with E-state index in [4.69, 9.17) is 16.7 Å². The van der Waals surface area contributed by atoms with Gasteiger partial charge >= 0.3 is 5.97 Å². The molecule has 1 saturated heterocycles. The molecule has 0 bridgehead atoms. The predicted octanol–water partition coefficient (Wildman–Crippen LogP) is 1.78. The van der Waals surface area contributed by atoms with Gasteiger partial charge < -0.3 is 5.11 Å². The number of carbonyl (C=O) groups is 1. The minimum Gasteiger partial charge on any atom is -0.481 e. The first-order valence-corrected chi connectivity index (χ1v) is 5.19. The third-order valence-electron chi connectivity index (χ3n) is 2.74. The number of aliphatic carboxylic acids is 1. The smallest absolute Gasteiger partial charge is 0.306 e. The molecule has 1 heterocycles. The van der Waals surface area contributed by atoms with Crippen LogP contribution in [0.5, 0.6) is 0 Å². The molecule has 1 unspecified atom stereocenters. The van der Waals surface area contributed by atoms with Crippen molar-refractivity contribution in [3.63, 3.8) is 0 Å². The lowest BCUT2D eigenvalue weighted by molar-refractivity contribution is -0.145. The van der Waals surface area contributed by atoms with Crippen molar-refractivity contribution in [1.29, 1.82) is 0 Å². The van der Waals surface area contributed by atoms with Crippen molar-refractivity contribution < 1.29 is 9.90 Å². The van der Waals surface area contributed by atoms with E-state index in [0.717, 1.165) is 25.2 Å². The SMILES string of the molecule is CC(=CCl)CN1CC(C(C)C(=O)O)C1. The summed E-state index contributed by atoms with van der Waals surface area (Å²) in [7, 11) is 0. The first kappa shape index (κ1) is 11.5. The summed E-state index contributed by atoms with van der Waals surface area (Å²) >= 11 is 5.54. The van der Waals surface area contributed by atoms with Gasteiger partial charge in [0, 0.05) is 25.2 Å². The second-order valence-corrected chi connectivity index (χ2v) is 4.25. The summed E-state index contributed by atoms with van der Waals surface area (Å²) in [5.41, 5.74) is 2.70. The quantitative estimate of drug-likeness (QED) is 0.781. The van der Waals surface area contributed by atoms with E-state index < -0.39 is 5.97 Å². The van der Waals surface area contributed by atoms with Gasteiger partial charge in [-0.25, -0.2) is 0 Å². The molecule has 1 atom stereocenters. The molecule has 1 aliphatic rings. The lowest BCUT2D eigenvalue weighted by Crippen LogP contribution is -2.51. The fraction of sp³-hybridized carbons (Fsp3) is 0.700. The fourth-order valence-corrected chi connectivity index (χ4v) is 1.71. The van der Waals surface area contributed by atoms with Crippen LogP contribution >= 0.6 is 11.6 Å². The van der Waals surface area contributed by atoms with Crippen LogP contribution in [0, 0.1) is 11.8 Å². The van der Waals surface area contributed by atoms with E-state index in [0.29, 0.717) is 5.92 Å². The summed E-state index contributed by atoms with van der Waals surface area (Å²) in [6.45, 7) is 6.34. The minimum absolute atomic E-state index is 0.230. The van der Waals surface area contributed by atoms with Crippen molar-refractivity contribution >= 4 is 17.6 Å².